The van der Waals surface area contributed by atoms with Gasteiger partial charge in [-0.05, 0) is 70.6 Å². The fourth-order valence-corrected chi connectivity index (χ4v) is 9.40. The van der Waals surface area contributed by atoms with Crippen LogP contribution >= 0.6 is 0 Å². The Morgan fingerprint density at radius 3 is 1.81 bits per heavy atom. The molecule has 272 valence electrons. The van der Waals surface area contributed by atoms with Crippen molar-refractivity contribution in [2.75, 3.05) is 32.0 Å². The second kappa shape index (κ2) is 12.7. The minimum Gasteiger partial charge on any atom is -0.507 e. The van der Waals surface area contributed by atoms with E-state index in [2.05, 4.69) is 10.6 Å². The second-order valence-electron chi connectivity index (χ2n) is 14.8. The van der Waals surface area contributed by atoms with Crippen LogP contribution in [0.4, 0.5) is 11.4 Å². The first-order valence-corrected chi connectivity index (χ1v) is 18.1. The lowest BCUT2D eigenvalue weighted by molar-refractivity contribution is -0.117. The summed E-state index contributed by atoms with van der Waals surface area (Å²) in [5.41, 5.74) is 1.61. The van der Waals surface area contributed by atoms with E-state index in [0.29, 0.717) is 123 Å². The number of Topliss-reactive ketones (excluding diaryl/α,β-unsaturated/α-hetero) is 1. The molecule has 11 heteroatoms. The number of aromatic hydroxyl groups is 1. The largest absolute Gasteiger partial charge is 0.507 e. The van der Waals surface area contributed by atoms with Gasteiger partial charge >= 0.3 is 0 Å². The normalized spacial score (nSPS) is 23.3. The summed E-state index contributed by atoms with van der Waals surface area (Å²) in [6, 6.07) is 3.08. The van der Waals surface area contributed by atoms with Gasteiger partial charge in [-0.25, -0.2) is 0 Å². The van der Waals surface area contributed by atoms with Crippen LogP contribution in [0, 0.1) is 0 Å². The molecule has 3 aliphatic rings. The smallest absolute Gasteiger partial charge is 0.230 e. The summed E-state index contributed by atoms with van der Waals surface area (Å²) in [6.45, 7) is 3.32. The minimum atomic E-state index is -0.881. The summed E-state index contributed by atoms with van der Waals surface area (Å²) in [5, 5.41) is 42.8. The number of ether oxygens (including phenoxy) is 3. The topological polar surface area (TPSA) is 164 Å². The molecule has 5 N–H and O–H groups in total. The van der Waals surface area contributed by atoms with Crippen LogP contribution in [0.15, 0.2) is 27.3 Å². The Bertz CT molecular complexity index is 2420. The van der Waals surface area contributed by atoms with E-state index in [1.807, 2.05) is 13.0 Å². The first kappa shape index (κ1) is 34.2. The van der Waals surface area contributed by atoms with Gasteiger partial charge in [0.05, 0.1) is 61.6 Å². The Hall–Kier alpha value is -4.87. The number of rotatable bonds is 8. The number of methoxy groups -OCH3 is 3. The zero-order chi connectivity index (χ0) is 36.7. The SMILES string of the molecule is COc1c2c3c4c(c(NC5CCC(O)CC5)c(=O)c5c(O)cc(OC)c(c6c(OC)cc(NC7CCC(O)CC7)c(c1=O)c63)c54)C=C(C)C2C(C)=O. The maximum atomic E-state index is 14.9. The fraction of sp³-hybridized carbons (Fsp3) is 0.439. The van der Waals surface area contributed by atoms with E-state index in [1.54, 1.807) is 13.2 Å². The number of phenols is 1. The van der Waals surface area contributed by atoms with Crippen molar-refractivity contribution < 1.29 is 34.3 Å². The first-order valence-electron chi connectivity index (χ1n) is 18.1. The number of anilines is 2. The summed E-state index contributed by atoms with van der Waals surface area (Å²) in [6.07, 6.45) is 6.23. The lowest BCUT2D eigenvalue weighted by Gasteiger charge is -2.30. The molecule has 11 nitrogen and oxygen atoms in total. The number of hydrogen-bond donors (Lipinski definition) is 5. The van der Waals surface area contributed by atoms with Crippen LogP contribution < -0.4 is 35.7 Å². The number of carbonyl (C=O) groups is 1. The van der Waals surface area contributed by atoms with Gasteiger partial charge in [0.15, 0.2) is 5.75 Å². The highest BCUT2D eigenvalue weighted by Gasteiger charge is 2.38. The summed E-state index contributed by atoms with van der Waals surface area (Å²) in [7, 11) is 4.46. The number of fused-ring (bicyclic) bond motifs is 1. The van der Waals surface area contributed by atoms with Crippen molar-refractivity contribution in [3.8, 4) is 23.0 Å². The van der Waals surface area contributed by atoms with Crippen molar-refractivity contribution in [3.05, 3.63) is 49.3 Å². The van der Waals surface area contributed by atoms with Crippen LogP contribution in [0.1, 0.15) is 82.3 Å². The van der Waals surface area contributed by atoms with Crippen LogP contribution in [-0.2, 0) is 4.79 Å². The van der Waals surface area contributed by atoms with Gasteiger partial charge in [-0.1, -0.05) is 11.6 Å². The number of allylic oxidation sites excluding steroid dienone is 1. The van der Waals surface area contributed by atoms with Gasteiger partial charge in [0.25, 0.3) is 0 Å². The van der Waals surface area contributed by atoms with Gasteiger partial charge in [0, 0.05) is 62.3 Å². The maximum absolute atomic E-state index is 14.9. The van der Waals surface area contributed by atoms with E-state index in [9.17, 15) is 29.7 Å². The van der Waals surface area contributed by atoms with E-state index < -0.39 is 22.9 Å². The molecule has 0 radical (unpaired) electrons. The molecule has 5 aromatic rings. The number of aliphatic hydroxyl groups excluding tert-OH is 2. The average molecular weight is 709 g/mol. The van der Waals surface area contributed by atoms with Crippen LogP contribution in [0.3, 0.4) is 0 Å². The summed E-state index contributed by atoms with van der Waals surface area (Å²) in [5.74, 6) is -0.603. The molecule has 8 rings (SSSR count). The molecular weight excluding hydrogens is 664 g/mol. The van der Waals surface area contributed by atoms with Crippen molar-refractivity contribution in [2.24, 2.45) is 0 Å². The molecule has 0 saturated heterocycles. The zero-order valence-electron chi connectivity index (χ0n) is 30.1. The molecule has 0 aliphatic heterocycles. The molecule has 2 saturated carbocycles. The molecule has 0 heterocycles. The molecule has 2 fully saturated rings. The fourth-order valence-electron chi connectivity index (χ4n) is 9.40. The van der Waals surface area contributed by atoms with Gasteiger partial charge < -0.3 is 40.2 Å². The number of nitrogens with one attached hydrogen (secondary N) is 2. The van der Waals surface area contributed by atoms with E-state index in [1.165, 1.54) is 27.2 Å². The number of hydrogen-bond acceptors (Lipinski definition) is 11. The number of benzene rings is 5. The summed E-state index contributed by atoms with van der Waals surface area (Å²) >= 11 is 0. The highest BCUT2D eigenvalue weighted by Crippen LogP contribution is 2.56. The molecule has 1 unspecified atom stereocenters. The summed E-state index contributed by atoms with van der Waals surface area (Å²) < 4.78 is 18.0. The van der Waals surface area contributed by atoms with Gasteiger partial charge in [-0.15, -0.1) is 0 Å². The Morgan fingerprint density at radius 2 is 1.25 bits per heavy atom. The number of phenolic OH excluding ortho intramolecular Hbond substituents is 1. The number of aliphatic hydroxyl groups is 2. The van der Waals surface area contributed by atoms with Crippen molar-refractivity contribution in [2.45, 2.75) is 95.4 Å². The Kier molecular flexibility index (Phi) is 8.34. The monoisotopic (exact) mass is 708 g/mol. The highest BCUT2D eigenvalue weighted by molar-refractivity contribution is 6.40. The van der Waals surface area contributed by atoms with Crippen LogP contribution in [0.25, 0.3) is 49.2 Å². The highest BCUT2D eigenvalue weighted by atomic mass is 16.5. The van der Waals surface area contributed by atoms with E-state index in [-0.39, 0.29) is 46.5 Å². The van der Waals surface area contributed by atoms with Crippen molar-refractivity contribution in [3.63, 3.8) is 0 Å². The molecule has 0 spiro atoms. The molecular formula is C41H44N2O9. The Balaban J connectivity index is 1.63. The predicted molar refractivity (Wildman–Crippen MR) is 204 cm³/mol. The van der Waals surface area contributed by atoms with Gasteiger partial charge in [-0.2, -0.15) is 0 Å². The van der Waals surface area contributed by atoms with E-state index >= 15 is 0 Å². The van der Waals surface area contributed by atoms with Crippen LogP contribution in [0.5, 0.6) is 23.0 Å². The van der Waals surface area contributed by atoms with Crippen molar-refractivity contribution in [1.29, 1.82) is 0 Å². The van der Waals surface area contributed by atoms with Gasteiger partial charge in [-0.3, -0.25) is 14.4 Å². The van der Waals surface area contributed by atoms with Crippen LogP contribution in [-0.4, -0.2) is 66.7 Å². The van der Waals surface area contributed by atoms with Crippen LogP contribution in [0.2, 0.25) is 0 Å². The number of carbonyl (C=O) groups excluding carboxylic acids is 1. The second-order valence-corrected chi connectivity index (χ2v) is 14.8. The predicted octanol–water partition coefficient (Wildman–Crippen LogP) is 6.15. The van der Waals surface area contributed by atoms with Gasteiger partial charge in [0.2, 0.25) is 10.9 Å². The lowest BCUT2D eigenvalue weighted by atomic mass is 9.80. The van der Waals surface area contributed by atoms with Crippen molar-refractivity contribution >= 4 is 66.3 Å². The first-order chi connectivity index (χ1) is 25.0. The molecule has 0 bridgehead atoms. The maximum Gasteiger partial charge on any atom is 0.230 e. The molecule has 0 aromatic heterocycles. The zero-order valence-corrected chi connectivity index (χ0v) is 30.1. The molecule has 1 atom stereocenters. The van der Waals surface area contributed by atoms with Gasteiger partial charge in [0.1, 0.15) is 23.0 Å². The Labute approximate surface area is 299 Å². The van der Waals surface area contributed by atoms with E-state index in [0.717, 1.165) is 0 Å². The molecule has 5 aromatic carbocycles. The third-order valence-electron chi connectivity index (χ3n) is 11.8. The quantitative estimate of drug-likeness (QED) is 0.0929. The minimum absolute atomic E-state index is 0.0196. The van der Waals surface area contributed by atoms with Crippen molar-refractivity contribution in [1.82, 2.24) is 0 Å². The number of ketones is 1. The Morgan fingerprint density at radius 1 is 0.692 bits per heavy atom. The molecule has 52 heavy (non-hydrogen) atoms. The third-order valence-corrected chi connectivity index (χ3v) is 11.8. The molecule has 0 amide bonds. The molecule has 3 aliphatic carbocycles. The average Bonchev–Trinajstić information content (AvgIpc) is 3.25. The standard InChI is InChI=1S/C41H44N2O9/c1-17-14-23-29-34-31(39(48)38(23)43-20-8-12-22(46)13-9-20)25(47)16-27(51-4)33(34)32-26(50-3)15-24(42-19-6-10-21(45)11-7-19)30-36(32)35(29)37(28(17)18(2)44)41(52-5)40(30)49/h14-16,19-22,28,42-43,45-47H,6-13H2,1-5H3. The summed E-state index contributed by atoms with van der Waals surface area (Å²) in [4.78, 5) is 43.5. The lowest BCUT2D eigenvalue weighted by Crippen LogP contribution is -2.30. The van der Waals surface area contributed by atoms with E-state index in [4.69, 9.17) is 14.2 Å². The third kappa shape index (κ3) is 4.96.